The Morgan fingerprint density at radius 1 is 0.659 bits per heavy atom. The van der Waals surface area contributed by atoms with E-state index in [0.717, 1.165) is 60.1 Å². The molecule has 0 bridgehead atoms. The van der Waals surface area contributed by atoms with Crippen LogP contribution in [0, 0.1) is 0 Å². The molecule has 0 amide bonds. The summed E-state index contributed by atoms with van der Waals surface area (Å²) in [5.74, 6) is 0.720. The molecule has 0 saturated heterocycles. The van der Waals surface area contributed by atoms with Crippen LogP contribution in [0.1, 0.15) is 21.5 Å². The number of carbonyl (C=O) groups is 1. The summed E-state index contributed by atoms with van der Waals surface area (Å²) in [7, 11) is 0. The Labute approximate surface area is 234 Å². The van der Waals surface area contributed by atoms with Crippen LogP contribution >= 0.6 is 0 Å². The molecule has 0 aliphatic carbocycles. The minimum atomic E-state index is -1.06. The van der Waals surface area contributed by atoms with Gasteiger partial charge >= 0.3 is 5.97 Å². The summed E-state index contributed by atoms with van der Waals surface area (Å²) < 4.78 is 3.11. The van der Waals surface area contributed by atoms with Crippen molar-refractivity contribution in [2.24, 2.45) is 9.98 Å². The van der Waals surface area contributed by atoms with E-state index in [-0.39, 0.29) is 5.56 Å². The number of benzene rings is 3. The summed E-state index contributed by atoms with van der Waals surface area (Å²) in [6, 6.07) is 20.7. The zero-order chi connectivity index (χ0) is 27.8. The van der Waals surface area contributed by atoms with Gasteiger partial charge in [0.25, 0.3) is 0 Å². The van der Waals surface area contributed by atoms with Crippen LogP contribution in [0.15, 0.2) is 89.1 Å². The zero-order valence-corrected chi connectivity index (χ0v) is 21.8. The minimum absolute atomic E-state index is 0.0926. The van der Waals surface area contributed by atoms with Gasteiger partial charge in [0, 0.05) is 35.3 Å². The predicted molar refractivity (Wildman–Crippen MR) is 153 cm³/mol. The fraction of sp³-hybridized carbons (Fsp3) is 0.138. The van der Waals surface area contributed by atoms with Crippen LogP contribution in [-0.4, -0.2) is 78.9 Å². The molecule has 2 aromatic heterocycles. The van der Waals surface area contributed by atoms with Gasteiger partial charge in [-0.25, -0.2) is 14.2 Å². The van der Waals surface area contributed by atoms with E-state index in [4.69, 9.17) is 0 Å². The molecule has 0 atom stereocenters. The van der Waals surface area contributed by atoms with Crippen LogP contribution in [-0.2, 0) is 0 Å². The Hall–Kier alpha value is -5.65. The Morgan fingerprint density at radius 3 is 1.49 bits per heavy atom. The molecule has 7 rings (SSSR count). The quantitative estimate of drug-likeness (QED) is 0.283. The number of nitrogens with one attached hydrogen (secondary N) is 2. The number of aromatic carboxylic acids is 1. The van der Waals surface area contributed by atoms with Gasteiger partial charge in [-0.15, -0.1) is 10.2 Å². The van der Waals surface area contributed by atoms with E-state index in [1.165, 1.54) is 0 Å². The van der Waals surface area contributed by atoms with Gasteiger partial charge in [0.15, 0.2) is 0 Å². The molecule has 3 N–H and O–H groups in total. The first kappa shape index (κ1) is 24.4. The van der Waals surface area contributed by atoms with Crippen LogP contribution in [0.2, 0.25) is 0 Å². The number of hydrogen-bond donors (Lipinski definition) is 3. The van der Waals surface area contributed by atoms with Gasteiger partial charge in [-0.05, 0) is 18.2 Å². The Kier molecular flexibility index (Phi) is 6.04. The van der Waals surface area contributed by atoms with E-state index in [1.54, 1.807) is 40.0 Å². The van der Waals surface area contributed by atoms with Gasteiger partial charge < -0.3 is 15.7 Å². The molecule has 0 unspecified atom stereocenters. The van der Waals surface area contributed by atoms with Crippen molar-refractivity contribution in [1.82, 2.24) is 40.6 Å². The number of aliphatic imine (C=N–C) groups is 2. The third-order valence-corrected chi connectivity index (χ3v) is 6.92. The van der Waals surface area contributed by atoms with Crippen molar-refractivity contribution in [2.75, 3.05) is 26.2 Å². The topological polar surface area (TPSA) is 148 Å². The lowest BCUT2D eigenvalue weighted by molar-refractivity contribution is 0.0696. The highest BCUT2D eigenvalue weighted by Gasteiger charge is 2.15. The minimum Gasteiger partial charge on any atom is -0.478 e. The molecular weight excluding hydrogens is 520 g/mol. The van der Waals surface area contributed by atoms with E-state index >= 15 is 0 Å². The van der Waals surface area contributed by atoms with Crippen molar-refractivity contribution in [3.8, 4) is 33.9 Å². The average Bonchev–Trinajstić information content (AvgIpc) is 3.84. The predicted octanol–water partition coefficient (Wildman–Crippen LogP) is 2.58. The number of carboxylic acid groups (broad SMARTS) is 1. The summed E-state index contributed by atoms with van der Waals surface area (Å²) in [6.07, 6.45) is 3.53. The molecule has 0 spiro atoms. The second kappa shape index (κ2) is 10.2. The highest BCUT2D eigenvalue weighted by molar-refractivity contribution is 6.00. The first-order valence-corrected chi connectivity index (χ1v) is 13.1. The molecule has 12 heteroatoms. The van der Waals surface area contributed by atoms with Crippen LogP contribution < -0.4 is 10.6 Å². The molecule has 4 heterocycles. The second-order valence-electron chi connectivity index (χ2n) is 9.61. The lowest BCUT2D eigenvalue weighted by atomic mass is 10.1. The monoisotopic (exact) mass is 544 g/mol. The van der Waals surface area contributed by atoms with E-state index in [2.05, 4.69) is 41.2 Å². The van der Waals surface area contributed by atoms with Crippen molar-refractivity contribution in [3.63, 3.8) is 0 Å². The number of hydrogen-bond acceptors (Lipinski definition) is 9. The van der Waals surface area contributed by atoms with E-state index < -0.39 is 5.97 Å². The van der Waals surface area contributed by atoms with E-state index in [9.17, 15) is 9.90 Å². The van der Waals surface area contributed by atoms with Crippen molar-refractivity contribution >= 4 is 17.6 Å². The molecule has 2 aliphatic rings. The standard InChI is InChI=1S/C29H24N10O2/c40-29(41)22-13-23(38-16-25(34-36-38)18-1-5-20(6-2-18)27-30-9-10-31-27)15-24(14-22)39-17-26(35-37-39)19-3-7-21(8-4-19)28-32-11-12-33-28/h1-8,13-17H,9-12H2,(H,30,31)(H,32,33)(H,40,41). The molecule has 0 radical (unpaired) electrons. The molecule has 202 valence electrons. The zero-order valence-electron chi connectivity index (χ0n) is 21.8. The van der Waals surface area contributed by atoms with Crippen molar-refractivity contribution in [2.45, 2.75) is 0 Å². The Balaban J connectivity index is 1.17. The SMILES string of the molecule is O=C(O)c1cc(-n2cc(-c3ccc(C4=NCCN4)cc3)nn2)cc(-n2cc(-c3ccc(C4=NCCN4)cc3)nn2)c1. The fourth-order valence-corrected chi connectivity index (χ4v) is 4.81. The van der Waals surface area contributed by atoms with Gasteiger partial charge in [0.1, 0.15) is 23.1 Å². The normalized spacial score (nSPS) is 14.3. The maximum atomic E-state index is 12.0. The van der Waals surface area contributed by atoms with Crippen LogP contribution in [0.4, 0.5) is 0 Å². The maximum absolute atomic E-state index is 12.0. The lowest BCUT2D eigenvalue weighted by Gasteiger charge is -2.07. The van der Waals surface area contributed by atoms with Gasteiger partial charge in [-0.1, -0.05) is 59.0 Å². The molecule has 41 heavy (non-hydrogen) atoms. The van der Waals surface area contributed by atoms with E-state index in [1.807, 2.05) is 48.5 Å². The summed E-state index contributed by atoms with van der Waals surface area (Å²) in [5, 5.41) is 33.5. The molecule has 0 fully saturated rings. The lowest BCUT2D eigenvalue weighted by Crippen LogP contribution is -2.19. The Morgan fingerprint density at radius 2 is 1.10 bits per heavy atom. The molecule has 0 saturated carbocycles. The Bertz CT molecular complexity index is 1690. The molecule has 12 nitrogen and oxygen atoms in total. The van der Waals surface area contributed by atoms with Crippen molar-refractivity contribution < 1.29 is 9.90 Å². The smallest absolute Gasteiger partial charge is 0.335 e. The third kappa shape index (κ3) is 4.82. The highest BCUT2D eigenvalue weighted by atomic mass is 16.4. The number of aromatic nitrogens is 6. The van der Waals surface area contributed by atoms with Gasteiger partial charge in [0.2, 0.25) is 0 Å². The van der Waals surface area contributed by atoms with E-state index in [0.29, 0.717) is 22.8 Å². The largest absolute Gasteiger partial charge is 0.478 e. The van der Waals surface area contributed by atoms with Crippen molar-refractivity contribution in [3.05, 3.63) is 95.8 Å². The van der Waals surface area contributed by atoms with Gasteiger partial charge in [0.05, 0.1) is 42.4 Å². The third-order valence-electron chi connectivity index (χ3n) is 6.92. The number of amidine groups is 2. The second-order valence-corrected chi connectivity index (χ2v) is 9.61. The van der Waals surface area contributed by atoms with Gasteiger partial charge in [-0.2, -0.15) is 0 Å². The average molecular weight is 545 g/mol. The molecule has 2 aliphatic heterocycles. The fourth-order valence-electron chi connectivity index (χ4n) is 4.81. The summed E-state index contributed by atoms with van der Waals surface area (Å²) in [4.78, 5) is 20.9. The number of rotatable bonds is 7. The molecule has 3 aromatic carbocycles. The first-order chi connectivity index (χ1) is 20.1. The molecule has 5 aromatic rings. The molecular formula is C29H24N10O2. The summed E-state index contributed by atoms with van der Waals surface area (Å²) in [5.41, 5.74) is 6.27. The van der Waals surface area contributed by atoms with Crippen LogP contribution in [0.5, 0.6) is 0 Å². The number of carboxylic acids is 1. The maximum Gasteiger partial charge on any atom is 0.335 e. The summed E-state index contributed by atoms with van der Waals surface area (Å²) >= 11 is 0. The first-order valence-electron chi connectivity index (χ1n) is 13.1. The van der Waals surface area contributed by atoms with Gasteiger partial charge in [-0.3, -0.25) is 9.98 Å². The summed E-state index contributed by atoms with van der Waals surface area (Å²) in [6.45, 7) is 3.25. The van der Waals surface area contributed by atoms with Crippen LogP contribution in [0.25, 0.3) is 33.9 Å². The number of nitrogens with zero attached hydrogens (tertiary/aromatic N) is 8. The highest BCUT2D eigenvalue weighted by Crippen LogP contribution is 2.23. The van der Waals surface area contributed by atoms with Crippen molar-refractivity contribution in [1.29, 1.82) is 0 Å². The van der Waals surface area contributed by atoms with Crippen LogP contribution in [0.3, 0.4) is 0 Å².